The number of amides is 1. The lowest BCUT2D eigenvalue weighted by molar-refractivity contribution is 0.0981. The molecule has 36 heavy (non-hydrogen) atoms. The fraction of sp³-hybridized carbons (Fsp3) is 0.333. The van der Waals surface area contributed by atoms with E-state index in [1.54, 1.807) is 35.2 Å². The number of aromatic amines is 1. The Morgan fingerprint density at radius 2 is 1.64 bits per heavy atom. The highest BCUT2D eigenvalue weighted by Crippen LogP contribution is 2.32. The number of unbranched alkanes of at least 4 members (excludes halogenated alkanes) is 4. The monoisotopic (exact) mass is 571 g/mol. The minimum Gasteiger partial charge on any atom is -0.306 e. The van der Waals surface area contributed by atoms with Gasteiger partial charge in [-0.05, 0) is 50.1 Å². The Hall–Kier alpha value is -2.14. The quantitative estimate of drug-likeness (QED) is 0.240. The molecule has 8 nitrogen and oxygen atoms in total. The minimum absolute atomic E-state index is 0.248. The van der Waals surface area contributed by atoms with Gasteiger partial charge < -0.3 is 4.90 Å². The Bertz CT molecular complexity index is 1300. The van der Waals surface area contributed by atoms with Crippen LogP contribution in [-0.4, -0.2) is 37.6 Å². The second-order valence-electron chi connectivity index (χ2n) is 8.34. The van der Waals surface area contributed by atoms with Crippen LogP contribution in [0.25, 0.3) is 11.3 Å². The maximum Gasteiger partial charge on any atom is 0.276 e. The van der Waals surface area contributed by atoms with Crippen LogP contribution >= 0.6 is 34.8 Å². The van der Waals surface area contributed by atoms with E-state index in [-0.39, 0.29) is 5.91 Å². The molecule has 0 saturated carbocycles. The molecule has 3 rings (SSSR count). The molecule has 0 unspecified atom stereocenters. The van der Waals surface area contributed by atoms with E-state index in [9.17, 15) is 13.2 Å². The van der Waals surface area contributed by atoms with Gasteiger partial charge in [0.2, 0.25) is 0 Å². The van der Waals surface area contributed by atoms with Crippen molar-refractivity contribution in [1.29, 1.82) is 0 Å². The molecular formula is C24H28Cl3N5O3S. The van der Waals surface area contributed by atoms with E-state index in [1.807, 2.05) is 19.1 Å². The summed E-state index contributed by atoms with van der Waals surface area (Å²) in [6.07, 6.45) is 3.98. The first-order valence-electron chi connectivity index (χ1n) is 11.4. The highest BCUT2D eigenvalue weighted by molar-refractivity contribution is 7.87. The van der Waals surface area contributed by atoms with E-state index in [0.29, 0.717) is 51.7 Å². The zero-order valence-corrected chi connectivity index (χ0v) is 22.8. The van der Waals surface area contributed by atoms with Crippen LogP contribution in [0.2, 0.25) is 15.1 Å². The van der Waals surface area contributed by atoms with Gasteiger partial charge in [0.25, 0.3) is 16.1 Å². The van der Waals surface area contributed by atoms with Crippen molar-refractivity contribution < 1.29 is 13.2 Å². The average Bonchev–Trinajstić information content (AvgIpc) is 3.19. The summed E-state index contributed by atoms with van der Waals surface area (Å²) in [6.45, 7) is 2.58. The van der Waals surface area contributed by atoms with Gasteiger partial charge in [0.1, 0.15) is 5.69 Å². The zero-order chi connectivity index (χ0) is 26.3. The molecule has 4 N–H and O–H groups in total. The van der Waals surface area contributed by atoms with E-state index in [2.05, 4.69) is 14.9 Å². The van der Waals surface area contributed by atoms with Crippen molar-refractivity contribution in [2.24, 2.45) is 5.14 Å². The van der Waals surface area contributed by atoms with E-state index in [0.717, 1.165) is 36.8 Å². The molecule has 1 aromatic heterocycles. The summed E-state index contributed by atoms with van der Waals surface area (Å²) in [4.78, 5) is 15.3. The number of H-pyrrole nitrogens is 1. The van der Waals surface area contributed by atoms with Crippen LogP contribution in [0.1, 0.15) is 48.2 Å². The number of benzene rings is 2. The van der Waals surface area contributed by atoms with Gasteiger partial charge in [0.05, 0.1) is 16.4 Å². The number of nitrogens with zero attached hydrogens (tertiary/aromatic N) is 2. The summed E-state index contributed by atoms with van der Waals surface area (Å²) in [5.41, 5.74) is 3.18. The number of hydrogen-bond donors (Lipinski definition) is 3. The fourth-order valence-corrected chi connectivity index (χ4v) is 4.87. The molecular weight excluding hydrogens is 545 g/mol. The normalized spacial score (nSPS) is 11.6. The van der Waals surface area contributed by atoms with Crippen LogP contribution in [0.15, 0.2) is 42.5 Å². The lowest BCUT2D eigenvalue weighted by Crippen LogP contribution is -2.33. The number of nitrogens with two attached hydrogens (primary N) is 1. The first-order chi connectivity index (χ1) is 17.1. The van der Waals surface area contributed by atoms with Crippen molar-refractivity contribution in [3.05, 3.63) is 68.8 Å². The SMILES string of the molecule is Cc1c(-c2ccc(Cl)cc2)n[nH]c1C(=O)N(CCCCCCCNS(N)(=O)=O)c1ccc(Cl)cc1Cl. The first-order valence-corrected chi connectivity index (χ1v) is 14.1. The third-order valence-electron chi connectivity index (χ3n) is 5.65. The number of nitrogens with one attached hydrogen (secondary N) is 2. The van der Waals surface area contributed by atoms with Crippen LogP contribution in [0.4, 0.5) is 5.69 Å². The van der Waals surface area contributed by atoms with E-state index in [4.69, 9.17) is 39.9 Å². The lowest BCUT2D eigenvalue weighted by Gasteiger charge is -2.24. The Morgan fingerprint density at radius 3 is 2.31 bits per heavy atom. The maximum atomic E-state index is 13.7. The Labute approximate surface area is 226 Å². The highest BCUT2D eigenvalue weighted by atomic mass is 35.5. The number of halogens is 3. The van der Waals surface area contributed by atoms with Crippen molar-refractivity contribution in [2.45, 2.75) is 39.0 Å². The number of hydrogen-bond acceptors (Lipinski definition) is 4. The molecule has 2 aromatic carbocycles. The summed E-state index contributed by atoms with van der Waals surface area (Å²) in [5, 5.41) is 13.7. The van der Waals surface area contributed by atoms with Crippen LogP contribution in [0, 0.1) is 6.92 Å². The molecule has 0 radical (unpaired) electrons. The number of carbonyl (C=O) groups is 1. The fourth-order valence-electron chi connectivity index (χ4n) is 3.80. The number of carbonyl (C=O) groups excluding carboxylic acids is 1. The van der Waals surface area contributed by atoms with E-state index >= 15 is 0 Å². The zero-order valence-electron chi connectivity index (χ0n) is 19.7. The number of aromatic nitrogens is 2. The second-order valence-corrected chi connectivity index (χ2v) is 11.0. The van der Waals surface area contributed by atoms with Gasteiger partial charge in [0.15, 0.2) is 0 Å². The summed E-state index contributed by atoms with van der Waals surface area (Å²) >= 11 is 18.5. The molecule has 0 bridgehead atoms. The molecule has 0 aliphatic heterocycles. The van der Waals surface area contributed by atoms with Gasteiger partial charge in [0, 0.05) is 34.3 Å². The molecule has 1 amide bonds. The number of rotatable bonds is 12. The van der Waals surface area contributed by atoms with Crippen LogP contribution in [0.5, 0.6) is 0 Å². The molecule has 0 fully saturated rings. The smallest absolute Gasteiger partial charge is 0.276 e. The summed E-state index contributed by atoms with van der Waals surface area (Å²) in [6, 6.07) is 12.3. The molecule has 12 heteroatoms. The van der Waals surface area contributed by atoms with Crippen LogP contribution in [0.3, 0.4) is 0 Å². The molecule has 0 aliphatic rings. The highest BCUT2D eigenvalue weighted by Gasteiger charge is 2.25. The Kier molecular flexibility index (Phi) is 10.2. The van der Waals surface area contributed by atoms with Crippen molar-refractivity contribution in [3.63, 3.8) is 0 Å². The Balaban J connectivity index is 1.71. The molecule has 194 valence electrons. The van der Waals surface area contributed by atoms with E-state index < -0.39 is 10.2 Å². The summed E-state index contributed by atoms with van der Waals surface area (Å²) in [5.74, 6) is -0.248. The van der Waals surface area contributed by atoms with E-state index in [1.165, 1.54) is 0 Å². The lowest BCUT2D eigenvalue weighted by atomic mass is 10.1. The summed E-state index contributed by atoms with van der Waals surface area (Å²) < 4.78 is 24.1. The molecule has 1 heterocycles. The minimum atomic E-state index is -3.66. The topological polar surface area (TPSA) is 121 Å². The molecule has 0 spiro atoms. The predicted molar refractivity (Wildman–Crippen MR) is 146 cm³/mol. The predicted octanol–water partition coefficient (Wildman–Crippen LogP) is 5.74. The van der Waals surface area contributed by atoms with Gasteiger partial charge in [-0.1, -0.05) is 66.2 Å². The standard InChI is InChI=1S/C24H28Cl3N5O3S/c1-16-22(17-7-9-18(25)10-8-17)30-31-23(16)24(33)32(21-12-11-19(26)15-20(21)27)14-6-4-2-3-5-13-29-36(28,34)35/h7-12,15,29H,2-6,13-14H2,1H3,(H,30,31)(H2,28,34,35). The molecule has 0 atom stereocenters. The Morgan fingerprint density at radius 1 is 1.00 bits per heavy atom. The third kappa shape index (κ3) is 7.93. The van der Waals surface area contributed by atoms with Crippen molar-refractivity contribution in [3.8, 4) is 11.3 Å². The van der Waals surface area contributed by atoms with Crippen LogP contribution < -0.4 is 14.8 Å². The molecule has 0 aliphatic carbocycles. The number of anilines is 1. The van der Waals surface area contributed by atoms with Gasteiger partial charge in [-0.15, -0.1) is 0 Å². The van der Waals surface area contributed by atoms with Crippen LogP contribution in [-0.2, 0) is 10.2 Å². The average molecular weight is 573 g/mol. The third-order valence-corrected chi connectivity index (χ3v) is 7.04. The second kappa shape index (κ2) is 12.9. The van der Waals surface area contributed by atoms with Gasteiger partial charge in [-0.3, -0.25) is 9.89 Å². The maximum absolute atomic E-state index is 13.7. The van der Waals surface area contributed by atoms with Crippen molar-refractivity contribution >= 4 is 56.6 Å². The first kappa shape index (κ1) is 28.4. The molecule has 0 saturated heterocycles. The van der Waals surface area contributed by atoms with Crippen molar-refractivity contribution in [1.82, 2.24) is 14.9 Å². The van der Waals surface area contributed by atoms with Gasteiger partial charge in [-0.25, -0.2) is 9.86 Å². The molecule has 3 aromatic rings. The summed E-state index contributed by atoms with van der Waals surface area (Å²) in [7, 11) is -3.66. The van der Waals surface area contributed by atoms with Gasteiger partial charge in [-0.2, -0.15) is 13.5 Å². The van der Waals surface area contributed by atoms with Gasteiger partial charge >= 0.3 is 0 Å². The van der Waals surface area contributed by atoms with Crippen molar-refractivity contribution in [2.75, 3.05) is 18.0 Å². The largest absolute Gasteiger partial charge is 0.306 e.